The summed E-state index contributed by atoms with van der Waals surface area (Å²) in [5, 5.41) is 12.0. The topological polar surface area (TPSA) is 52.6 Å². The lowest BCUT2D eigenvalue weighted by molar-refractivity contribution is -0.141. The maximum absolute atomic E-state index is 13.6. The van der Waals surface area contributed by atoms with Gasteiger partial charge in [0.15, 0.2) is 0 Å². The number of nitrogens with one attached hydrogen (secondary N) is 1. The van der Waals surface area contributed by atoms with Crippen molar-refractivity contribution in [2.45, 2.75) is 18.5 Å². The number of rotatable bonds is 5. The molecule has 0 amide bonds. The molecule has 1 aromatic rings. The number of halogens is 1. The van der Waals surface area contributed by atoms with Crippen LogP contribution in [0.1, 0.15) is 12.0 Å². The van der Waals surface area contributed by atoms with Crippen LogP contribution in [0.5, 0.6) is 0 Å². The van der Waals surface area contributed by atoms with E-state index in [1.165, 1.54) is 6.07 Å². The highest BCUT2D eigenvalue weighted by atomic mass is 19.1. The molecule has 0 unspecified atom stereocenters. The molecule has 98 valence electrons. The Morgan fingerprint density at radius 2 is 2.17 bits per heavy atom. The summed E-state index contributed by atoms with van der Waals surface area (Å²) >= 11 is 0. The van der Waals surface area contributed by atoms with Crippen molar-refractivity contribution in [2.75, 3.05) is 20.1 Å². The van der Waals surface area contributed by atoms with Crippen molar-refractivity contribution in [3.63, 3.8) is 0 Å². The highest BCUT2D eigenvalue weighted by Crippen LogP contribution is 2.25. The molecular weight excluding hydrogens is 235 g/mol. The number of hydrogen-bond donors (Lipinski definition) is 2. The van der Waals surface area contributed by atoms with E-state index in [9.17, 15) is 9.18 Å². The fourth-order valence-electron chi connectivity index (χ4n) is 2.27. The molecule has 0 spiro atoms. The number of benzene rings is 1. The molecule has 0 aliphatic carbocycles. The summed E-state index contributed by atoms with van der Waals surface area (Å²) in [6.07, 6.45) is 0.0744. The lowest BCUT2D eigenvalue weighted by Gasteiger charge is -2.48. The summed E-state index contributed by atoms with van der Waals surface area (Å²) in [7, 11) is 1.84. The Balaban J connectivity index is 2.09. The molecule has 5 heteroatoms. The molecule has 2 N–H and O–H groups in total. The zero-order valence-electron chi connectivity index (χ0n) is 10.3. The fraction of sp³-hybridized carbons (Fsp3) is 0.462. The van der Waals surface area contributed by atoms with Crippen LogP contribution in [0.3, 0.4) is 0 Å². The van der Waals surface area contributed by atoms with Gasteiger partial charge < -0.3 is 10.4 Å². The molecule has 0 aromatic heterocycles. The Labute approximate surface area is 105 Å². The smallest absolute Gasteiger partial charge is 0.305 e. The summed E-state index contributed by atoms with van der Waals surface area (Å²) in [5.41, 5.74) is 0.199. The molecule has 18 heavy (non-hydrogen) atoms. The quantitative estimate of drug-likeness (QED) is 0.823. The first-order chi connectivity index (χ1) is 8.53. The third kappa shape index (κ3) is 2.52. The molecule has 0 atom stereocenters. The molecule has 1 aliphatic rings. The van der Waals surface area contributed by atoms with Gasteiger partial charge in [0.2, 0.25) is 0 Å². The molecule has 0 radical (unpaired) electrons. The van der Waals surface area contributed by atoms with Gasteiger partial charge in [0, 0.05) is 25.2 Å². The lowest BCUT2D eigenvalue weighted by Crippen LogP contribution is -2.68. The van der Waals surface area contributed by atoms with E-state index in [4.69, 9.17) is 5.11 Å². The van der Waals surface area contributed by atoms with Gasteiger partial charge in [-0.3, -0.25) is 9.69 Å². The van der Waals surface area contributed by atoms with E-state index in [-0.39, 0.29) is 12.2 Å². The van der Waals surface area contributed by atoms with Gasteiger partial charge in [0.1, 0.15) is 5.82 Å². The van der Waals surface area contributed by atoms with E-state index < -0.39 is 11.5 Å². The second kappa shape index (κ2) is 5.04. The predicted octanol–water partition coefficient (Wildman–Crippen LogP) is 1.07. The number of nitrogens with zero attached hydrogens (tertiary/aromatic N) is 1. The van der Waals surface area contributed by atoms with Gasteiger partial charge in [-0.25, -0.2) is 4.39 Å². The summed E-state index contributed by atoms with van der Waals surface area (Å²) in [6, 6.07) is 6.59. The lowest BCUT2D eigenvalue weighted by atomic mass is 9.86. The SMILES string of the molecule is CN(Cc1ccccc1F)C1(CC(=O)O)CNC1. The van der Waals surface area contributed by atoms with E-state index in [2.05, 4.69) is 5.32 Å². The van der Waals surface area contributed by atoms with E-state index in [0.717, 1.165) is 0 Å². The summed E-state index contributed by atoms with van der Waals surface area (Å²) in [6.45, 7) is 1.68. The molecular formula is C13H17FN2O2. The van der Waals surface area contributed by atoms with Gasteiger partial charge in [-0.15, -0.1) is 0 Å². The normalized spacial score (nSPS) is 17.5. The van der Waals surface area contributed by atoms with Crippen LogP contribution in [-0.4, -0.2) is 41.7 Å². The van der Waals surface area contributed by atoms with Crippen LogP contribution in [0, 0.1) is 5.82 Å². The molecule has 1 heterocycles. The minimum Gasteiger partial charge on any atom is -0.481 e. The van der Waals surface area contributed by atoms with E-state index in [1.54, 1.807) is 18.2 Å². The molecule has 1 aliphatic heterocycles. The van der Waals surface area contributed by atoms with E-state index in [0.29, 0.717) is 25.2 Å². The van der Waals surface area contributed by atoms with Crippen LogP contribution < -0.4 is 5.32 Å². The number of carboxylic acid groups (broad SMARTS) is 1. The zero-order valence-corrected chi connectivity index (χ0v) is 10.3. The van der Waals surface area contributed by atoms with E-state index in [1.807, 2.05) is 11.9 Å². The number of aliphatic carboxylic acids is 1. The predicted molar refractivity (Wildman–Crippen MR) is 65.7 cm³/mol. The first-order valence-corrected chi connectivity index (χ1v) is 5.91. The first-order valence-electron chi connectivity index (χ1n) is 5.91. The third-order valence-corrected chi connectivity index (χ3v) is 3.56. The van der Waals surface area contributed by atoms with Crippen molar-refractivity contribution in [1.29, 1.82) is 0 Å². The van der Waals surface area contributed by atoms with Crippen LogP contribution in [0.2, 0.25) is 0 Å². The Morgan fingerprint density at radius 3 is 2.67 bits per heavy atom. The maximum Gasteiger partial charge on any atom is 0.305 e. The fourth-order valence-corrected chi connectivity index (χ4v) is 2.27. The summed E-state index contributed by atoms with van der Waals surface area (Å²) in [4.78, 5) is 12.8. The minimum atomic E-state index is -0.822. The van der Waals surface area contributed by atoms with Gasteiger partial charge in [-0.1, -0.05) is 18.2 Å². The molecule has 4 nitrogen and oxygen atoms in total. The Hall–Kier alpha value is -1.46. The molecule has 1 fully saturated rings. The highest BCUT2D eigenvalue weighted by Gasteiger charge is 2.42. The average Bonchev–Trinajstić information content (AvgIpc) is 2.26. The van der Waals surface area contributed by atoms with Crippen molar-refractivity contribution in [1.82, 2.24) is 10.2 Å². The second-order valence-electron chi connectivity index (χ2n) is 4.85. The van der Waals surface area contributed by atoms with Crippen LogP contribution in [0.25, 0.3) is 0 Å². The van der Waals surface area contributed by atoms with Crippen molar-refractivity contribution in [3.05, 3.63) is 35.6 Å². The molecule has 1 aromatic carbocycles. The van der Waals surface area contributed by atoms with Crippen molar-refractivity contribution >= 4 is 5.97 Å². The standard InChI is InChI=1S/C13H17FN2O2/c1-16(7-10-4-2-3-5-11(10)14)13(6-12(17)18)8-15-9-13/h2-5,15H,6-9H2,1H3,(H,17,18). The molecule has 2 rings (SSSR count). The number of hydrogen-bond acceptors (Lipinski definition) is 3. The maximum atomic E-state index is 13.6. The van der Waals surface area contributed by atoms with E-state index >= 15 is 0 Å². The monoisotopic (exact) mass is 252 g/mol. The molecule has 1 saturated heterocycles. The van der Waals surface area contributed by atoms with Gasteiger partial charge in [0.25, 0.3) is 0 Å². The third-order valence-electron chi connectivity index (χ3n) is 3.56. The van der Waals surface area contributed by atoms with Crippen molar-refractivity contribution in [2.24, 2.45) is 0 Å². The largest absolute Gasteiger partial charge is 0.481 e. The van der Waals surface area contributed by atoms with Gasteiger partial charge in [-0.2, -0.15) is 0 Å². The minimum absolute atomic E-state index is 0.0744. The number of likely N-dealkylation sites (N-methyl/N-ethyl adjacent to an activating group) is 1. The van der Waals surface area contributed by atoms with Gasteiger partial charge >= 0.3 is 5.97 Å². The van der Waals surface area contributed by atoms with Crippen LogP contribution in [-0.2, 0) is 11.3 Å². The van der Waals surface area contributed by atoms with Crippen molar-refractivity contribution < 1.29 is 14.3 Å². The molecule has 0 bridgehead atoms. The summed E-state index contributed by atoms with van der Waals surface area (Å²) in [5.74, 6) is -1.07. The highest BCUT2D eigenvalue weighted by molar-refractivity contribution is 5.68. The Kier molecular flexibility index (Phi) is 3.63. The van der Waals surface area contributed by atoms with Gasteiger partial charge in [0.05, 0.1) is 12.0 Å². The zero-order chi connectivity index (χ0) is 13.2. The van der Waals surface area contributed by atoms with Crippen LogP contribution >= 0.6 is 0 Å². The second-order valence-corrected chi connectivity index (χ2v) is 4.85. The number of carbonyl (C=O) groups is 1. The Morgan fingerprint density at radius 1 is 1.50 bits per heavy atom. The van der Waals surface area contributed by atoms with Crippen LogP contribution in [0.4, 0.5) is 4.39 Å². The van der Waals surface area contributed by atoms with Crippen LogP contribution in [0.15, 0.2) is 24.3 Å². The average molecular weight is 252 g/mol. The first kappa shape index (κ1) is 13.0. The van der Waals surface area contributed by atoms with Gasteiger partial charge in [-0.05, 0) is 13.1 Å². The summed E-state index contributed by atoms with van der Waals surface area (Å²) < 4.78 is 13.6. The molecule has 0 saturated carbocycles. The van der Waals surface area contributed by atoms with Crippen molar-refractivity contribution in [3.8, 4) is 0 Å². The number of carboxylic acids is 1. The Bertz CT molecular complexity index is 446.